The third-order valence-corrected chi connectivity index (χ3v) is 3.99. The smallest absolute Gasteiger partial charge is 0.303 e. The Bertz CT molecular complexity index is 788. The lowest BCUT2D eigenvalue weighted by Gasteiger charge is -2.18. The number of hydrogen-bond acceptors (Lipinski definition) is 3. The van der Waals surface area contributed by atoms with Gasteiger partial charge >= 0.3 is 5.97 Å². The Morgan fingerprint density at radius 2 is 1.54 bits per heavy atom. The lowest BCUT2D eigenvalue weighted by atomic mass is 9.87. The maximum Gasteiger partial charge on any atom is 0.303 e. The van der Waals surface area contributed by atoms with Crippen molar-refractivity contribution in [3.8, 4) is 0 Å². The molecule has 2 N–H and O–H groups in total. The first-order valence-corrected chi connectivity index (χ1v) is 8.52. The van der Waals surface area contributed by atoms with Gasteiger partial charge in [0.05, 0.1) is 12.1 Å². The molecule has 0 spiro atoms. The van der Waals surface area contributed by atoms with E-state index in [1.54, 1.807) is 12.1 Å². The first-order valence-electron chi connectivity index (χ1n) is 8.52. The van der Waals surface area contributed by atoms with Gasteiger partial charge in [-0.1, -0.05) is 63.2 Å². The predicted molar refractivity (Wildman–Crippen MR) is 102 cm³/mol. The normalized spacial score (nSPS) is 11.9. The summed E-state index contributed by atoms with van der Waals surface area (Å²) in [5.74, 6) is -1.23. The summed E-state index contributed by atoms with van der Waals surface area (Å²) in [4.78, 5) is 23.2. The highest BCUT2D eigenvalue weighted by atomic mass is 16.4. The maximum absolute atomic E-state index is 12.3. The molecule has 0 aliphatic rings. The lowest BCUT2D eigenvalue weighted by molar-refractivity contribution is -0.136. The van der Waals surface area contributed by atoms with Crippen LogP contribution in [0.5, 0.6) is 0 Å². The Kier molecular flexibility index (Phi) is 6.28. The second kappa shape index (κ2) is 8.43. The van der Waals surface area contributed by atoms with E-state index < -0.39 is 5.97 Å². The van der Waals surface area contributed by atoms with Crippen molar-refractivity contribution in [1.29, 1.82) is 0 Å². The zero-order chi connectivity index (χ0) is 19.2. The number of aliphatic carboxylic acids is 1. The molecule has 0 saturated heterocycles. The summed E-state index contributed by atoms with van der Waals surface area (Å²) < 4.78 is 0. The Hall–Kier alpha value is -2.95. The highest BCUT2D eigenvalue weighted by molar-refractivity contribution is 6.03. The van der Waals surface area contributed by atoms with Crippen LogP contribution in [0.2, 0.25) is 0 Å². The van der Waals surface area contributed by atoms with Crippen molar-refractivity contribution in [2.75, 3.05) is 0 Å². The minimum absolute atomic E-state index is 0.0183. The van der Waals surface area contributed by atoms with Crippen LogP contribution >= 0.6 is 0 Å². The number of benzene rings is 2. The van der Waals surface area contributed by atoms with E-state index in [0.717, 1.165) is 11.1 Å². The van der Waals surface area contributed by atoms with Gasteiger partial charge in [-0.15, -0.1) is 0 Å². The molecule has 0 aliphatic carbocycles. The van der Waals surface area contributed by atoms with Crippen molar-refractivity contribution in [2.24, 2.45) is 5.10 Å². The number of hydrogen-bond donors (Lipinski definition) is 2. The molecule has 0 aromatic heterocycles. The lowest BCUT2D eigenvalue weighted by Crippen LogP contribution is -2.21. The van der Waals surface area contributed by atoms with Crippen LogP contribution < -0.4 is 5.43 Å². The van der Waals surface area contributed by atoms with E-state index in [2.05, 4.69) is 31.3 Å². The van der Waals surface area contributed by atoms with Gasteiger partial charge in [-0.05, 0) is 28.7 Å². The molecule has 1 amide bonds. The van der Waals surface area contributed by atoms with Crippen molar-refractivity contribution in [1.82, 2.24) is 5.43 Å². The van der Waals surface area contributed by atoms with Crippen LogP contribution in [0, 0.1) is 0 Å². The average Bonchev–Trinajstić information content (AvgIpc) is 2.61. The number of nitrogens with one attached hydrogen (secondary N) is 1. The molecular weight excluding hydrogens is 328 g/mol. The number of carbonyl (C=O) groups excluding carboxylic acids is 1. The molecular formula is C21H24N2O3. The van der Waals surface area contributed by atoms with Gasteiger partial charge in [0.1, 0.15) is 0 Å². The van der Waals surface area contributed by atoms with Crippen LogP contribution in [0.25, 0.3) is 0 Å². The summed E-state index contributed by atoms with van der Waals surface area (Å²) in [5, 5.41) is 13.1. The zero-order valence-electron chi connectivity index (χ0n) is 15.3. The standard InChI is InChI=1S/C21H24N2O3/c1-21(2,3)17-11-9-16(10-12-17)20(26)23-22-18(13-14-19(24)25)15-7-5-4-6-8-15/h4-12H,13-14H2,1-3H3,(H,23,26)(H,24,25)/b22-18+. The largest absolute Gasteiger partial charge is 0.481 e. The summed E-state index contributed by atoms with van der Waals surface area (Å²) in [6.45, 7) is 6.34. The predicted octanol–water partition coefficient (Wildman–Crippen LogP) is 3.98. The minimum atomic E-state index is -0.905. The van der Waals surface area contributed by atoms with E-state index in [1.807, 2.05) is 42.5 Å². The van der Waals surface area contributed by atoms with E-state index >= 15 is 0 Å². The Morgan fingerprint density at radius 1 is 0.923 bits per heavy atom. The summed E-state index contributed by atoms with van der Waals surface area (Å²) in [6, 6.07) is 16.6. The fraction of sp³-hybridized carbons (Fsp3) is 0.286. The molecule has 0 unspecified atom stereocenters. The van der Waals surface area contributed by atoms with Crippen molar-refractivity contribution in [3.63, 3.8) is 0 Å². The van der Waals surface area contributed by atoms with Gasteiger partial charge in [0.2, 0.25) is 0 Å². The number of amides is 1. The van der Waals surface area contributed by atoms with Gasteiger partial charge in [-0.3, -0.25) is 9.59 Å². The van der Waals surface area contributed by atoms with Gasteiger partial charge in [-0.2, -0.15) is 5.10 Å². The van der Waals surface area contributed by atoms with Crippen molar-refractivity contribution in [2.45, 2.75) is 39.0 Å². The van der Waals surface area contributed by atoms with Crippen LogP contribution in [0.1, 0.15) is 55.1 Å². The van der Waals surface area contributed by atoms with E-state index in [-0.39, 0.29) is 24.2 Å². The highest BCUT2D eigenvalue weighted by Crippen LogP contribution is 2.22. The van der Waals surface area contributed by atoms with Crippen LogP contribution in [-0.2, 0) is 10.2 Å². The molecule has 2 aromatic rings. The highest BCUT2D eigenvalue weighted by Gasteiger charge is 2.14. The maximum atomic E-state index is 12.3. The molecule has 0 fully saturated rings. The summed E-state index contributed by atoms with van der Waals surface area (Å²) >= 11 is 0. The van der Waals surface area contributed by atoms with Crippen LogP contribution in [-0.4, -0.2) is 22.7 Å². The molecule has 2 rings (SSSR count). The van der Waals surface area contributed by atoms with Crippen molar-refractivity contribution < 1.29 is 14.7 Å². The second-order valence-electron chi connectivity index (χ2n) is 7.09. The molecule has 26 heavy (non-hydrogen) atoms. The third-order valence-electron chi connectivity index (χ3n) is 3.99. The summed E-state index contributed by atoms with van der Waals surface area (Å²) in [5.41, 5.74) is 5.53. The topological polar surface area (TPSA) is 78.8 Å². The second-order valence-corrected chi connectivity index (χ2v) is 7.09. The molecule has 0 saturated carbocycles. The number of hydrazone groups is 1. The first kappa shape index (κ1) is 19.4. The summed E-state index contributed by atoms with van der Waals surface area (Å²) in [6.07, 6.45) is 0.187. The molecule has 0 atom stereocenters. The van der Waals surface area contributed by atoms with Crippen LogP contribution in [0.3, 0.4) is 0 Å². The molecule has 0 radical (unpaired) electrons. The molecule has 2 aromatic carbocycles. The first-order chi connectivity index (χ1) is 12.3. The van der Waals surface area contributed by atoms with E-state index in [1.165, 1.54) is 0 Å². The average molecular weight is 352 g/mol. The number of carboxylic acids is 1. The van der Waals surface area contributed by atoms with Crippen LogP contribution in [0.15, 0.2) is 59.7 Å². The number of nitrogens with zero attached hydrogens (tertiary/aromatic N) is 1. The number of carboxylic acid groups (broad SMARTS) is 1. The zero-order valence-corrected chi connectivity index (χ0v) is 15.3. The van der Waals surface area contributed by atoms with Crippen molar-refractivity contribution >= 4 is 17.6 Å². The Balaban J connectivity index is 2.14. The van der Waals surface area contributed by atoms with Crippen molar-refractivity contribution in [3.05, 3.63) is 71.3 Å². The van der Waals surface area contributed by atoms with Gasteiger partial charge in [0.25, 0.3) is 5.91 Å². The summed E-state index contributed by atoms with van der Waals surface area (Å²) in [7, 11) is 0. The van der Waals surface area contributed by atoms with Gasteiger partial charge in [0.15, 0.2) is 0 Å². The van der Waals surface area contributed by atoms with Crippen LogP contribution in [0.4, 0.5) is 0 Å². The molecule has 0 heterocycles. The Morgan fingerprint density at radius 3 is 2.08 bits per heavy atom. The van der Waals surface area contributed by atoms with Gasteiger partial charge in [-0.25, -0.2) is 5.43 Å². The fourth-order valence-corrected chi connectivity index (χ4v) is 2.43. The minimum Gasteiger partial charge on any atom is -0.481 e. The SMILES string of the molecule is CC(C)(C)c1ccc(C(=O)N/N=C(\CCC(=O)O)c2ccccc2)cc1. The molecule has 0 aliphatic heterocycles. The molecule has 0 bridgehead atoms. The van der Waals surface area contributed by atoms with E-state index in [4.69, 9.17) is 5.11 Å². The van der Waals surface area contributed by atoms with Gasteiger partial charge in [0, 0.05) is 12.0 Å². The number of rotatable bonds is 6. The number of carbonyl (C=O) groups is 2. The van der Waals surface area contributed by atoms with E-state index in [0.29, 0.717) is 11.3 Å². The van der Waals surface area contributed by atoms with Gasteiger partial charge < -0.3 is 5.11 Å². The fourth-order valence-electron chi connectivity index (χ4n) is 2.43. The Labute approximate surface area is 153 Å². The van der Waals surface area contributed by atoms with E-state index in [9.17, 15) is 9.59 Å². The molecule has 136 valence electrons. The molecule has 5 heteroatoms. The quantitative estimate of drug-likeness (QED) is 0.609. The molecule has 5 nitrogen and oxygen atoms in total. The third kappa shape index (κ3) is 5.55. The monoisotopic (exact) mass is 352 g/mol.